The Labute approximate surface area is 104 Å². The largest absolute Gasteiger partial charge is 0.444 e. The lowest BCUT2D eigenvalue weighted by atomic mass is 9.88. The first-order valence-electron chi connectivity index (χ1n) is 6.63. The SMILES string of the molecule is CC(C)(C)OC(=O)N1CCC[C@@]2(CCCN2)C1. The third kappa shape index (κ3) is 3.12. The fourth-order valence-corrected chi connectivity index (χ4v) is 2.83. The van der Waals surface area contributed by atoms with Crippen LogP contribution in [-0.2, 0) is 4.74 Å². The molecular weight excluding hydrogens is 216 g/mol. The number of ether oxygens (including phenoxy) is 1. The number of nitrogens with zero attached hydrogens (tertiary/aromatic N) is 1. The van der Waals surface area contributed by atoms with Crippen molar-refractivity contribution in [3.63, 3.8) is 0 Å². The van der Waals surface area contributed by atoms with Gasteiger partial charge in [0.2, 0.25) is 0 Å². The molecule has 0 aromatic rings. The predicted octanol–water partition coefficient (Wildman–Crippen LogP) is 2.14. The van der Waals surface area contributed by atoms with Gasteiger partial charge in [-0.3, -0.25) is 0 Å². The molecule has 0 bridgehead atoms. The van der Waals surface area contributed by atoms with Gasteiger partial charge in [0.15, 0.2) is 0 Å². The van der Waals surface area contributed by atoms with E-state index in [1.165, 1.54) is 19.3 Å². The van der Waals surface area contributed by atoms with E-state index >= 15 is 0 Å². The zero-order valence-corrected chi connectivity index (χ0v) is 11.2. The van der Waals surface area contributed by atoms with Crippen LogP contribution in [0.5, 0.6) is 0 Å². The fourth-order valence-electron chi connectivity index (χ4n) is 2.83. The van der Waals surface area contributed by atoms with Gasteiger partial charge in [-0.15, -0.1) is 0 Å². The van der Waals surface area contributed by atoms with Crippen molar-refractivity contribution in [2.45, 2.75) is 57.6 Å². The maximum atomic E-state index is 12.0. The van der Waals surface area contributed by atoms with E-state index in [-0.39, 0.29) is 11.6 Å². The molecule has 2 aliphatic rings. The Balaban J connectivity index is 1.95. The van der Waals surface area contributed by atoms with Crippen LogP contribution in [0.4, 0.5) is 4.79 Å². The van der Waals surface area contributed by atoms with Gasteiger partial charge >= 0.3 is 6.09 Å². The molecule has 0 aromatic carbocycles. The molecule has 0 radical (unpaired) electrons. The standard InChI is InChI=1S/C13H24N2O2/c1-12(2,3)17-11(16)15-9-5-7-13(10-15)6-4-8-14-13/h14H,4-10H2,1-3H3/t13-/m0/s1. The lowest BCUT2D eigenvalue weighted by Gasteiger charge is -2.40. The molecule has 2 aliphatic heterocycles. The van der Waals surface area contributed by atoms with E-state index in [0.717, 1.165) is 26.1 Å². The van der Waals surface area contributed by atoms with E-state index in [1.807, 2.05) is 25.7 Å². The quantitative estimate of drug-likeness (QED) is 0.705. The molecule has 0 unspecified atom stereocenters. The van der Waals surface area contributed by atoms with Crippen LogP contribution in [-0.4, -0.2) is 41.8 Å². The number of hydrogen-bond acceptors (Lipinski definition) is 3. The van der Waals surface area contributed by atoms with Crippen molar-refractivity contribution in [2.24, 2.45) is 0 Å². The molecule has 4 heteroatoms. The lowest BCUT2D eigenvalue weighted by Crippen LogP contribution is -2.55. The molecule has 0 aromatic heterocycles. The Morgan fingerprint density at radius 2 is 2.00 bits per heavy atom. The summed E-state index contributed by atoms with van der Waals surface area (Å²) >= 11 is 0. The summed E-state index contributed by atoms with van der Waals surface area (Å²) in [5.41, 5.74) is -0.222. The molecule has 0 saturated carbocycles. The maximum Gasteiger partial charge on any atom is 0.410 e. The van der Waals surface area contributed by atoms with E-state index < -0.39 is 5.60 Å². The van der Waals surface area contributed by atoms with Crippen LogP contribution in [0.15, 0.2) is 0 Å². The first-order chi connectivity index (χ1) is 7.90. The van der Waals surface area contributed by atoms with E-state index in [0.29, 0.717) is 0 Å². The number of likely N-dealkylation sites (tertiary alicyclic amines) is 1. The first kappa shape index (κ1) is 12.7. The van der Waals surface area contributed by atoms with Crippen molar-refractivity contribution in [3.05, 3.63) is 0 Å². The molecule has 2 saturated heterocycles. The van der Waals surface area contributed by atoms with Crippen LogP contribution in [0, 0.1) is 0 Å². The Hall–Kier alpha value is -0.770. The molecule has 1 atom stereocenters. The second kappa shape index (κ2) is 4.48. The number of nitrogens with one attached hydrogen (secondary N) is 1. The van der Waals surface area contributed by atoms with Crippen molar-refractivity contribution in [3.8, 4) is 0 Å². The highest BCUT2D eigenvalue weighted by Gasteiger charge is 2.39. The minimum absolute atomic E-state index is 0.162. The van der Waals surface area contributed by atoms with E-state index in [9.17, 15) is 4.79 Å². The Morgan fingerprint density at radius 1 is 1.29 bits per heavy atom. The summed E-state index contributed by atoms with van der Waals surface area (Å²) in [6.07, 6.45) is 4.51. The highest BCUT2D eigenvalue weighted by molar-refractivity contribution is 5.68. The number of rotatable bonds is 0. The Morgan fingerprint density at radius 3 is 2.59 bits per heavy atom. The average molecular weight is 240 g/mol. The molecule has 98 valence electrons. The summed E-state index contributed by atoms with van der Waals surface area (Å²) in [6, 6.07) is 0. The third-order valence-electron chi connectivity index (χ3n) is 3.56. The summed E-state index contributed by atoms with van der Waals surface area (Å²) in [5, 5.41) is 3.57. The molecule has 2 heterocycles. The lowest BCUT2D eigenvalue weighted by molar-refractivity contribution is 0.0124. The van der Waals surface area contributed by atoms with Gasteiger partial charge in [0.1, 0.15) is 5.60 Å². The van der Waals surface area contributed by atoms with Gasteiger partial charge in [0.05, 0.1) is 0 Å². The predicted molar refractivity (Wildman–Crippen MR) is 67.0 cm³/mol. The number of amides is 1. The van der Waals surface area contributed by atoms with Crippen LogP contribution in [0.2, 0.25) is 0 Å². The topological polar surface area (TPSA) is 41.6 Å². The van der Waals surface area contributed by atoms with E-state index in [1.54, 1.807) is 0 Å². The average Bonchev–Trinajstić information content (AvgIpc) is 2.64. The molecule has 2 fully saturated rings. The van der Waals surface area contributed by atoms with Crippen LogP contribution < -0.4 is 5.32 Å². The van der Waals surface area contributed by atoms with E-state index in [4.69, 9.17) is 4.74 Å². The Kier molecular flexibility index (Phi) is 3.34. The van der Waals surface area contributed by atoms with Gasteiger partial charge in [-0.2, -0.15) is 0 Å². The highest BCUT2D eigenvalue weighted by Crippen LogP contribution is 2.30. The maximum absolute atomic E-state index is 12.0. The van der Waals surface area contributed by atoms with Crippen LogP contribution >= 0.6 is 0 Å². The minimum atomic E-state index is -0.398. The van der Waals surface area contributed by atoms with Crippen LogP contribution in [0.25, 0.3) is 0 Å². The summed E-state index contributed by atoms with van der Waals surface area (Å²) in [7, 11) is 0. The molecule has 0 aliphatic carbocycles. The van der Waals surface area contributed by atoms with Crippen molar-refractivity contribution in [2.75, 3.05) is 19.6 Å². The zero-order chi connectivity index (χ0) is 12.5. The normalized spacial score (nSPS) is 29.7. The monoisotopic (exact) mass is 240 g/mol. The van der Waals surface area contributed by atoms with Gasteiger partial charge in [0, 0.05) is 18.6 Å². The zero-order valence-electron chi connectivity index (χ0n) is 11.2. The molecule has 2 rings (SSSR count). The van der Waals surface area contributed by atoms with E-state index in [2.05, 4.69) is 5.32 Å². The molecule has 4 nitrogen and oxygen atoms in total. The number of carbonyl (C=O) groups excluding carboxylic acids is 1. The van der Waals surface area contributed by atoms with Crippen LogP contribution in [0.3, 0.4) is 0 Å². The van der Waals surface area contributed by atoms with Gasteiger partial charge in [-0.1, -0.05) is 0 Å². The molecule has 17 heavy (non-hydrogen) atoms. The molecular formula is C13H24N2O2. The van der Waals surface area contributed by atoms with Gasteiger partial charge < -0.3 is 15.0 Å². The first-order valence-corrected chi connectivity index (χ1v) is 6.63. The highest BCUT2D eigenvalue weighted by atomic mass is 16.6. The Bertz CT molecular complexity index is 290. The van der Waals surface area contributed by atoms with Crippen molar-refractivity contribution in [1.82, 2.24) is 10.2 Å². The summed E-state index contributed by atoms with van der Waals surface area (Å²) in [6.45, 7) is 8.47. The number of carbonyl (C=O) groups is 1. The summed E-state index contributed by atoms with van der Waals surface area (Å²) < 4.78 is 5.44. The van der Waals surface area contributed by atoms with Gasteiger partial charge in [-0.05, 0) is 53.0 Å². The van der Waals surface area contributed by atoms with Crippen molar-refractivity contribution >= 4 is 6.09 Å². The number of piperidine rings is 1. The summed E-state index contributed by atoms with van der Waals surface area (Å²) in [4.78, 5) is 13.9. The van der Waals surface area contributed by atoms with Crippen molar-refractivity contribution in [1.29, 1.82) is 0 Å². The second-order valence-corrected chi connectivity index (χ2v) is 6.32. The second-order valence-electron chi connectivity index (χ2n) is 6.32. The molecule has 1 N–H and O–H groups in total. The van der Waals surface area contributed by atoms with Crippen LogP contribution in [0.1, 0.15) is 46.5 Å². The van der Waals surface area contributed by atoms with Crippen molar-refractivity contribution < 1.29 is 9.53 Å². The molecule has 1 spiro atoms. The smallest absolute Gasteiger partial charge is 0.410 e. The number of hydrogen-bond donors (Lipinski definition) is 1. The van der Waals surface area contributed by atoms with Gasteiger partial charge in [0.25, 0.3) is 0 Å². The third-order valence-corrected chi connectivity index (χ3v) is 3.56. The molecule has 1 amide bonds. The summed E-state index contributed by atoms with van der Waals surface area (Å²) in [5.74, 6) is 0. The minimum Gasteiger partial charge on any atom is -0.444 e. The fraction of sp³-hybridized carbons (Fsp3) is 0.923. The van der Waals surface area contributed by atoms with Gasteiger partial charge in [-0.25, -0.2) is 4.79 Å².